The van der Waals surface area contributed by atoms with Crippen molar-refractivity contribution in [2.45, 2.75) is 59.5 Å². The molecule has 0 fully saturated rings. The van der Waals surface area contributed by atoms with Gasteiger partial charge in [0.2, 0.25) is 0 Å². The van der Waals surface area contributed by atoms with Gasteiger partial charge in [-0.2, -0.15) is 0 Å². The molecule has 104 valence electrons. The Bertz CT molecular complexity index is 573. The molecule has 0 aliphatic carbocycles. The summed E-state index contributed by atoms with van der Waals surface area (Å²) in [5, 5.41) is 4.84. The summed E-state index contributed by atoms with van der Waals surface area (Å²) in [6, 6.07) is 4.39. The molecule has 1 N–H and O–H groups in total. The van der Waals surface area contributed by atoms with Crippen LogP contribution in [0.5, 0.6) is 0 Å². The van der Waals surface area contributed by atoms with E-state index in [4.69, 9.17) is 4.42 Å². The molecule has 1 heterocycles. The lowest BCUT2D eigenvalue weighted by molar-refractivity contribution is 0.423. The predicted molar refractivity (Wildman–Crippen MR) is 81.6 cm³/mol. The SMILES string of the molecule is Cc1ccc(C(C)C)c2c(CNC(C)(C)C)coc12. The highest BCUT2D eigenvalue weighted by Gasteiger charge is 2.16. The molecule has 2 aromatic rings. The van der Waals surface area contributed by atoms with Gasteiger partial charge in [0.25, 0.3) is 0 Å². The monoisotopic (exact) mass is 259 g/mol. The Hall–Kier alpha value is -1.28. The summed E-state index contributed by atoms with van der Waals surface area (Å²) < 4.78 is 5.80. The lowest BCUT2D eigenvalue weighted by Crippen LogP contribution is -2.35. The molecule has 0 unspecified atom stereocenters. The van der Waals surface area contributed by atoms with Crippen LogP contribution in [0.25, 0.3) is 11.0 Å². The fraction of sp³-hybridized carbons (Fsp3) is 0.529. The Morgan fingerprint density at radius 3 is 2.47 bits per heavy atom. The first kappa shape index (κ1) is 14.1. The van der Waals surface area contributed by atoms with Gasteiger partial charge in [0.1, 0.15) is 5.58 Å². The maximum Gasteiger partial charge on any atom is 0.137 e. The van der Waals surface area contributed by atoms with Gasteiger partial charge in [-0.25, -0.2) is 0 Å². The number of rotatable bonds is 3. The minimum absolute atomic E-state index is 0.116. The van der Waals surface area contributed by atoms with E-state index in [0.29, 0.717) is 5.92 Å². The van der Waals surface area contributed by atoms with Gasteiger partial charge in [0.05, 0.1) is 6.26 Å². The van der Waals surface area contributed by atoms with E-state index in [1.54, 1.807) is 0 Å². The van der Waals surface area contributed by atoms with E-state index in [2.05, 4.69) is 59.0 Å². The molecule has 19 heavy (non-hydrogen) atoms. The fourth-order valence-electron chi connectivity index (χ4n) is 2.35. The van der Waals surface area contributed by atoms with Crippen molar-refractivity contribution in [1.82, 2.24) is 5.32 Å². The second-order valence-corrected chi connectivity index (χ2v) is 6.70. The summed E-state index contributed by atoms with van der Waals surface area (Å²) in [6.07, 6.45) is 1.91. The molecule has 0 aliphatic heterocycles. The van der Waals surface area contributed by atoms with Gasteiger partial charge in [-0.05, 0) is 44.7 Å². The molecule has 2 rings (SSSR count). The highest BCUT2D eigenvalue weighted by atomic mass is 16.3. The molecule has 0 amide bonds. The highest BCUT2D eigenvalue weighted by molar-refractivity contribution is 5.87. The average molecular weight is 259 g/mol. The first-order valence-electron chi connectivity index (χ1n) is 7.04. The van der Waals surface area contributed by atoms with Gasteiger partial charge in [0.15, 0.2) is 0 Å². The zero-order chi connectivity index (χ0) is 14.2. The Labute approximate surface area is 116 Å². The van der Waals surface area contributed by atoms with E-state index in [-0.39, 0.29) is 5.54 Å². The second-order valence-electron chi connectivity index (χ2n) is 6.70. The van der Waals surface area contributed by atoms with E-state index in [9.17, 15) is 0 Å². The summed E-state index contributed by atoms with van der Waals surface area (Å²) in [6.45, 7) is 14.0. The first-order chi connectivity index (χ1) is 8.79. The van der Waals surface area contributed by atoms with Gasteiger partial charge in [-0.15, -0.1) is 0 Å². The molecule has 0 radical (unpaired) electrons. The van der Waals surface area contributed by atoms with Crippen molar-refractivity contribution in [3.05, 3.63) is 35.1 Å². The molecule has 0 atom stereocenters. The largest absolute Gasteiger partial charge is 0.464 e. The minimum atomic E-state index is 0.116. The Morgan fingerprint density at radius 2 is 1.89 bits per heavy atom. The molecular formula is C17H25NO. The molecular weight excluding hydrogens is 234 g/mol. The normalized spacial score (nSPS) is 12.6. The quantitative estimate of drug-likeness (QED) is 0.860. The first-order valence-corrected chi connectivity index (χ1v) is 7.04. The molecule has 1 aromatic carbocycles. The van der Waals surface area contributed by atoms with E-state index in [1.807, 2.05) is 6.26 Å². The van der Waals surface area contributed by atoms with Crippen molar-refractivity contribution >= 4 is 11.0 Å². The third-order valence-corrected chi connectivity index (χ3v) is 3.46. The summed E-state index contributed by atoms with van der Waals surface area (Å²) in [5.41, 5.74) is 5.00. The smallest absolute Gasteiger partial charge is 0.137 e. The van der Waals surface area contributed by atoms with E-state index in [1.165, 1.54) is 22.1 Å². The van der Waals surface area contributed by atoms with Crippen LogP contribution in [-0.4, -0.2) is 5.54 Å². The summed E-state index contributed by atoms with van der Waals surface area (Å²) >= 11 is 0. The number of aryl methyl sites for hydroxylation is 1. The maximum atomic E-state index is 5.80. The topological polar surface area (TPSA) is 25.2 Å². The van der Waals surface area contributed by atoms with Crippen molar-refractivity contribution in [1.29, 1.82) is 0 Å². The van der Waals surface area contributed by atoms with Crippen LogP contribution in [-0.2, 0) is 6.54 Å². The number of benzene rings is 1. The number of furan rings is 1. The van der Waals surface area contributed by atoms with Crippen LogP contribution >= 0.6 is 0 Å². The van der Waals surface area contributed by atoms with Crippen LogP contribution in [0.15, 0.2) is 22.8 Å². The van der Waals surface area contributed by atoms with E-state index in [0.717, 1.165) is 12.1 Å². The lowest BCUT2D eigenvalue weighted by atomic mass is 9.95. The number of hydrogen-bond acceptors (Lipinski definition) is 2. The summed E-state index contributed by atoms with van der Waals surface area (Å²) in [4.78, 5) is 0. The Morgan fingerprint density at radius 1 is 1.21 bits per heavy atom. The fourth-order valence-corrected chi connectivity index (χ4v) is 2.35. The highest BCUT2D eigenvalue weighted by Crippen LogP contribution is 2.32. The van der Waals surface area contributed by atoms with E-state index < -0.39 is 0 Å². The van der Waals surface area contributed by atoms with Gasteiger partial charge in [-0.1, -0.05) is 26.0 Å². The second kappa shape index (κ2) is 5.01. The van der Waals surface area contributed by atoms with E-state index >= 15 is 0 Å². The van der Waals surface area contributed by atoms with Crippen LogP contribution < -0.4 is 5.32 Å². The zero-order valence-electron chi connectivity index (χ0n) is 12.9. The molecule has 2 nitrogen and oxygen atoms in total. The molecule has 2 heteroatoms. The summed E-state index contributed by atoms with van der Waals surface area (Å²) in [5.74, 6) is 0.508. The van der Waals surface area contributed by atoms with Crippen molar-refractivity contribution in [3.63, 3.8) is 0 Å². The van der Waals surface area contributed by atoms with Gasteiger partial charge < -0.3 is 9.73 Å². The van der Waals surface area contributed by atoms with Crippen molar-refractivity contribution in [2.24, 2.45) is 0 Å². The average Bonchev–Trinajstić information content (AvgIpc) is 2.70. The molecule has 0 saturated carbocycles. The molecule has 0 bridgehead atoms. The van der Waals surface area contributed by atoms with Crippen molar-refractivity contribution in [2.75, 3.05) is 0 Å². The Balaban J connectivity index is 2.48. The molecule has 0 spiro atoms. The molecule has 0 aliphatic rings. The van der Waals surface area contributed by atoms with Gasteiger partial charge >= 0.3 is 0 Å². The Kier molecular flexibility index (Phi) is 3.73. The standard InChI is InChI=1S/C17H25NO/c1-11(2)14-8-7-12(3)16-15(14)13(10-19-16)9-18-17(4,5)6/h7-8,10-11,18H,9H2,1-6H3. The number of fused-ring (bicyclic) bond motifs is 1. The van der Waals surface area contributed by atoms with Gasteiger partial charge in [-0.3, -0.25) is 0 Å². The zero-order valence-corrected chi connectivity index (χ0v) is 12.9. The number of nitrogens with one attached hydrogen (secondary N) is 1. The predicted octanol–water partition coefficient (Wildman–Crippen LogP) is 4.75. The third-order valence-electron chi connectivity index (χ3n) is 3.46. The minimum Gasteiger partial charge on any atom is -0.464 e. The van der Waals surface area contributed by atoms with Crippen molar-refractivity contribution in [3.8, 4) is 0 Å². The van der Waals surface area contributed by atoms with Crippen molar-refractivity contribution < 1.29 is 4.42 Å². The summed E-state index contributed by atoms with van der Waals surface area (Å²) in [7, 11) is 0. The van der Waals surface area contributed by atoms with Crippen LogP contribution in [0.3, 0.4) is 0 Å². The van der Waals surface area contributed by atoms with Crippen LogP contribution in [0, 0.1) is 6.92 Å². The maximum absolute atomic E-state index is 5.80. The third kappa shape index (κ3) is 3.01. The number of hydrogen-bond donors (Lipinski definition) is 1. The molecule has 0 saturated heterocycles. The van der Waals surface area contributed by atoms with Gasteiger partial charge in [0, 0.05) is 23.0 Å². The van der Waals surface area contributed by atoms with Crippen LogP contribution in [0.4, 0.5) is 0 Å². The lowest BCUT2D eigenvalue weighted by Gasteiger charge is -2.20. The van der Waals surface area contributed by atoms with Crippen LogP contribution in [0.2, 0.25) is 0 Å². The van der Waals surface area contributed by atoms with Crippen LogP contribution in [0.1, 0.15) is 57.2 Å². The molecule has 1 aromatic heterocycles.